The molecule has 0 saturated heterocycles. The summed E-state index contributed by atoms with van der Waals surface area (Å²) in [6.07, 6.45) is 2.77. The van der Waals surface area contributed by atoms with Gasteiger partial charge in [0.2, 0.25) is 0 Å². The Balaban J connectivity index is 2.41. The van der Waals surface area contributed by atoms with Gasteiger partial charge in [0.05, 0.1) is 4.90 Å². The normalized spacial score (nSPS) is 11.1. The van der Waals surface area contributed by atoms with Crippen LogP contribution in [0.3, 0.4) is 0 Å². The molecule has 0 aliphatic rings. The molecule has 0 unspecified atom stereocenters. The van der Waals surface area contributed by atoms with Gasteiger partial charge in [-0.25, -0.2) is 23.4 Å². The highest BCUT2D eigenvalue weighted by Gasteiger charge is 2.09. The fourth-order valence-corrected chi connectivity index (χ4v) is 1.99. The molecule has 1 aromatic carbocycles. The molecule has 0 aliphatic carbocycles. The molecule has 86 valence electrons. The Morgan fingerprint density at radius 2 is 1.65 bits per heavy atom. The first kappa shape index (κ1) is 11.4. The summed E-state index contributed by atoms with van der Waals surface area (Å²) in [6, 6.07) is 6.28. The van der Waals surface area contributed by atoms with E-state index in [1.807, 2.05) is 0 Å². The molecule has 0 aliphatic heterocycles. The molecular weight excluding hydrogens is 238 g/mol. The van der Waals surface area contributed by atoms with Crippen molar-refractivity contribution in [3.8, 4) is 11.4 Å². The van der Waals surface area contributed by atoms with E-state index in [1.165, 1.54) is 24.8 Å². The molecule has 17 heavy (non-hydrogen) atoms. The lowest BCUT2D eigenvalue weighted by atomic mass is 10.2. The molecule has 0 N–H and O–H groups in total. The highest BCUT2D eigenvalue weighted by molar-refractivity contribution is 7.94. The number of hydrogen-bond acceptors (Lipinski definition) is 5. The first-order valence-corrected chi connectivity index (χ1v) is 6.28. The molecule has 5 nitrogen and oxygen atoms in total. The summed E-state index contributed by atoms with van der Waals surface area (Å²) in [5.74, 6) is 0.502. The summed E-state index contributed by atoms with van der Waals surface area (Å²) < 4.78 is 23.0. The van der Waals surface area contributed by atoms with Gasteiger partial charge in [0, 0.05) is 11.0 Å². The van der Waals surface area contributed by atoms with Crippen molar-refractivity contribution in [2.24, 2.45) is 0 Å². The minimum absolute atomic E-state index is 0.199. The molecule has 1 heterocycles. The molecule has 2 aromatic rings. The van der Waals surface area contributed by atoms with Gasteiger partial charge < -0.3 is 0 Å². The maximum absolute atomic E-state index is 11.5. The van der Waals surface area contributed by atoms with Crippen LogP contribution in [0.2, 0.25) is 0 Å². The van der Waals surface area contributed by atoms with Gasteiger partial charge in [-0.15, -0.1) is 0 Å². The zero-order valence-corrected chi connectivity index (χ0v) is 9.63. The molecule has 0 atom stereocenters. The largest absolute Gasteiger partial charge is 0.225 e. The summed E-state index contributed by atoms with van der Waals surface area (Å²) in [7, 11) is -3.39. The van der Waals surface area contributed by atoms with Crippen molar-refractivity contribution in [3.05, 3.63) is 48.9 Å². The number of hydrogen-bond donors (Lipinski definition) is 0. The number of aromatic nitrogens is 3. The first-order valence-electron chi connectivity index (χ1n) is 4.73. The summed E-state index contributed by atoms with van der Waals surface area (Å²) >= 11 is 0. The maximum Gasteiger partial charge on any atom is 0.199 e. The molecular formula is C11H9N3O2S. The van der Waals surface area contributed by atoms with Crippen molar-refractivity contribution in [1.82, 2.24) is 15.0 Å². The Morgan fingerprint density at radius 1 is 1.06 bits per heavy atom. The van der Waals surface area contributed by atoms with Crippen LogP contribution in [0.1, 0.15) is 0 Å². The van der Waals surface area contributed by atoms with Crippen molar-refractivity contribution in [2.75, 3.05) is 0 Å². The smallest absolute Gasteiger partial charge is 0.199 e. The Morgan fingerprint density at radius 3 is 2.18 bits per heavy atom. The summed E-state index contributed by atoms with van der Waals surface area (Å²) in [4.78, 5) is 11.8. The van der Waals surface area contributed by atoms with Crippen LogP contribution >= 0.6 is 0 Å². The van der Waals surface area contributed by atoms with Crippen molar-refractivity contribution < 1.29 is 8.42 Å². The van der Waals surface area contributed by atoms with E-state index in [9.17, 15) is 8.42 Å². The molecule has 0 saturated carbocycles. The van der Waals surface area contributed by atoms with Gasteiger partial charge in [-0.1, -0.05) is 6.58 Å². The lowest BCUT2D eigenvalue weighted by molar-refractivity contribution is 0.604. The fraction of sp³-hybridized carbons (Fsp3) is 0. The average molecular weight is 247 g/mol. The predicted octanol–water partition coefficient (Wildman–Crippen LogP) is 1.46. The lowest BCUT2D eigenvalue weighted by Crippen LogP contribution is -1.95. The maximum atomic E-state index is 11.5. The van der Waals surface area contributed by atoms with Crippen LogP contribution in [-0.2, 0) is 9.84 Å². The summed E-state index contributed by atoms with van der Waals surface area (Å²) in [5, 5.41) is 0.922. The van der Waals surface area contributed by atoms with Crippen LogP contribution in [0.25, 0.3) is 11.4 Å². The van der Waals surface area contributed by atoms with Gasteiger partial charge in [0.1, 0.15) is 12.7 Å². The number of sulfone groups is 1. The van der Waals surface area contributed by atoms with Crippen molar-refractivity contribution >= 4 is 9.84 Å². The molecule has 0 bridgehead atoms. The van der Waals surface area contributed by atoms with E-state index >= 15 is 0 Å². The Bertz CT molecular complexity index is 622. The Labute approximate surface area is 98.8 Å². The number of nitrogens with zero attached hydrogens (tertiary/aromatic N) is 3. The molecule has 0 radical (unpaired) electrons. The van der Waals surface area contributed by atoms with E-state index in [4.69, 9.17) is 0 Å². The van der Waals surface area contributed by atoms with Gasteiger partial charge in [0.15, 0.2) is 15.7 Å². The third-order valence-corrected chi connectivity index (χ3v) is 3.52. The monoisotopic (exact) mass is 247 g/mol. The SMILES string of the molecule is C=CS(=O)(=O)c1ccc(-c2ncncn2)cc1. The van der Waals surface area contributed by atoms with Crippen LogP contribution in [0, 0.1) is 0 Å². The Kier molecular flexibility index (Phi) is 2.97. The second kappa shape index (κ2) is 4.42. The van der Waals surface area contributed by atoms with Crippen LogP contribution in [-0.4, -0.2) is 23.4 Å². The third kappa shape index (κ3) is 2.36. The molecule has 2 rings (SSSR count). The second-order valence-electron chi connectivity index (χ2n) is 3.20. The highest BCUT2D eigenvalue weighted by Crippen LogP contribution is 2.18. The molecule has 1 aromatic heterocycles. The molecule has 0 spiro atoms. The van der Waals surface area contributed by atoms with Crippen LogP contribution in [0.4, 0.5) is 0 Å². The zero-order valence-electron chi connectivity index (χ0n) is 8.81. The second-order valence-corrected chi connectivity index (χ2v) is 5.09. The fourth-order valence-electron chi connectivity index (χ4n) is 1.28. The van der Waals surface area contributed by atoms with E-state index in [-0.39, 0.29) is 4.90 Å². The van der Waals surface area contributed by atoms with Crippen molar-refractivity contribution in [3.63, 3.8) is 0 Å². The summed E-state index contributed by atoms with van der Waals surface area (Å²) in [6.45, 7) is 3.27. The van der Waals surface area contributed by atoms with Crippen LogP contribution in [0.5, 0.6) is 0 Å². The van der Waals surface area contributed by atoms with Gasteiger partial charge in [-0.3, -0.25) is 0 Å². The number of benzene rings is 1. The molecule has 0 fully saturated rings. The highest BCUT2D eigenvalue weighted by atomic mass is 32.2. The van der Waals surface area contributed by atoms with E-state index in [1.54, 1.807) is 12.1 Å². The van der Waals surface area contributed by atoms with Gasteiger partial charge in [0.25, 0.3) is 0 Å². The minimum Gasteiger partial charge on any atom is -0.225 e. The zero-order chi connectivity index (χ0) is 12.3. The van der Waals surface area contributed by atoms with Gasteiger partial charge in [-0.2, -0.15) is 0 Å². The Hall–Kier alpha value is -2.08. The standard InChI is InChI=1S/C11H9N3O2S/c1-2-17(15,16)10-5-3-9(4-6-10)11-13-7-12-8-14-11/h2-8H,1H2. The van der Waals surface area contributed by atoms with E-state index in [0.29, 0.717) is 5.82 Å². The van der Waals surface area contributed by atoms with E-state index in [2.05, 4.69) is 21.5 Å². The predicted molar refractivity (Wildman–Crippen MR) is 62.6 cm³/mol. The topological polar surface area (TPSA) is 72.8 Å². The third-order valence-electron chi connectivity index (χ3n) is 2.15. The van der Waals surface area contributed by atoms with Crippen LogP contribution < -0.4 is 0 Å². The lowest BCUT2D eigenvalue weighted by Gasteiger charge is -2.01. The minimum atomic E-state index is -3.39. The summed E-state index contributed by atoms with van der Waals surface area (Å²) in [5.41, 5.74) is 0.732. The van der Waals surface area contributed by atoms with Crippen molar-refractivity contribution in [1.29, 1.82) is 0 Å². The van der Waals surface area contributed by atoms with Gasteiger partial charge >= 0.3 is 0 Å². The first-order chi connectivity index (χ1) is 8.13. The van der Waals surface area contributed by atoms with Crippen molar-refractivity contribution in [2.45, 2.75) is 4.90 Å². The van der Waals surface area contributed by atoms with E-state index in [0.717, 1.165) is 11.0 Å². The van der Waals surface area contributed by atoms with Gasteiger partial charge in [-0.05, 0) is 24.3 Å². The molecule has 6 heteroatoms. The van der Waals surface area contributed by atoms with E-state index < -0.39 is 9.84 Å². The van der Waals surface area contributed by atoms with Crippen LogP contribution in [0.15, 0.2) is 53.8 Å². The number of rotatable bonds is 3. The molecule has 0 amide bonds. The quantitative estimate of drug-likeness (QED) is 0.820. The average Bonchev–Trinajstić information content (AvgIpc) is 2.40.